The number of carbonyl (C=O) groups is 2. The predicted molar refractivity (Wildman–Crippen MR) is 58.2 cm³/mol. The number of benzene rings is 1. The van der Waals surface area contributed by atoms with Gasteiger partial charge < -0.3 is 10.2 Å². The Morgan fingerprint density at radius 2 is 1.56 bits per heavy atom. The molecule has 0 aliphatic heterocycles. The minimum Gasteiger partial charge on any atom is -0.480 e. The summed E-state index contributed by atoms with van der Waals surface area (Å²) in [5, 5.41) is 18.1. The van der Waals surface area contributed by atoms with Gasteiger partial charge in [0.05, 0.1) is 0 Å². The van der Waals surface area contributed by atoms with Gasteiger partial charge in [0.25, 0.3) is 0 Å². The van der Waals surface area contributed by atoms with Crippen LogP contribution in [0.2, 0.25) is 0 Å². The molecular formula is C12H14O4. The van der Waals surface area contributed by atoms with E-state index in [1.807, 2.05) is 0 Å². The highest BCUT2D eigenvalue weighted by Crippen LogP contribution is 2.36. The van der Waals surface area contributed by atoms with Gasteiger partial charge in [-0.3, -0.25) is 9.59 Å². The Hall–Kier alpha value is -1.84. The average Bonchev–Trinajstić information content (AvgIpc) is 2.27. The first kappa shape index (κ1) is 12.2. The van der Waals surface area contributed by atoms with E-state index in [1.165, 1.54) is 6.92 Å². The normalized spacial score (nSPS) is 13.1. The predicted octanol–water partition coefficient (Wildman–Crippen LogP) is 1.97. The van der Waals surface area contributed by atoms with Crippen molar-refractivity contribution in [1.29, 1.82) is 0 Å². The Labute approximate surface area is 93.5 Å². The van der Waals surface area contributed by atoms with Crippen molar-refractivity contribution < 1.29 is 19.8 Å². The topological polar surface area (TPSA) is 74.6 Å². The lowest BCUT2D eigenvalue weighted by Gasteiger charge is -2.27. The third-order valence-electron chi connectivity index (χ3n) is 3.05. The Morgan fingerprint density at radius 1 is 1.12 bits per heavy atom. The summed E-state index contributed by atoms with van der Waals surface area (Å²) >= 11 is 0. The van der Waals surface area contributed by atoms with E-state index in [0.29, 0.717) is 5.56 Å². The SMILES string of the molecule is CC(c1ccccc1)C(C)(C(=O)O)C(=O)O. The molecule has 0 bridgehead atoms. The number of rotatable bonds is 4. The van der Waals surface area contributed by atoms with Crippen LogP contribution in [0.25, 0.3) is 0 Å². The second-order valence-electron chi connectivity index (χ2n) is 3.95. The molecule has 86 valence electrons. The zero-order valence-corrected chi connectivity index (χ0v) is 9.18. The second kappa shape index (κ2) is 4.35. The van der Waals surface area contributed by atoms with Gasteiger partial charge in [-0.05, 0) is 12.5 Å². The van der Waals surface area contributed by atoms with Gasteiger partial charge in [-0.15, -0.1) is 0 Å². The molecule has 0 radical (unpaired) electrons. The Kier molecular flexibility index (Phi) is 3.32. The van der Waals surface area contributed by atoms with Crippen molar-refractivity contribution in [1.82, 2.24) is 0 Å². The van der Waals surface area contributed by atoms with Crippen molar-refractivity contribution in [3.05, 3.63) is 35.9 Å². The Morgan fingerprint density at radius 3 is 1.94 bits per heavy atom. The second-order valence-corrected chi connectivity index (χ2v) is 3.95. The number of hydrogen-bond acceptors (Lipinski definition) is 2. The average molecular weight is 222 g/mol. The third-order valence-corrected chi connectivity index (χ3v) is 3.05. The van der Waals surface area contributed by atoms with Crippen LogP contribution in [-0.2, 0) is 9.59 Å². The molecule has 4 nitrogen and oxygen atoms in total. The monoisotopic (exact) mass is 222 g/mol. The first-order valence-electron chi connectivity index (χ1n) is 4.92. The smallest absolute Gasteiger partial charge is 0.321 e. The summed E-state index contributed by atoms with van der Waals surface area (Å²) < 4.78 is 0. The highest BCUT2D eigenvalue weighted by molar-refractivity contribution is 5.98. The van der Waals surface area contributed by atoms with Crippen LogP contribution in [0.5, 0.6) is 0 Å². The molecule has 0 fully saturated rings. The molecule has 0 spiro atoms. The van der Waals surface area contributed by atoms with Gasteiger partial charge in [-0.25, -0.2) is 0 Å². The molecule has 0 amide bonds. The summed E-state index contributed by atoms with van der Waals surface area (Å²) in [7, 11) is 0. The van der Waals surface area contributed by atoms with Crippen LogP contribution in [0, 0.1) is 5.41 Å². The molecule has 1 atom stereocenters. The van der Waals surface area contributed by atoms with Crippen molar-refractivity contribution in [2.24, 2.45) is 5.41 Å². The van der Waals surface area contributed by atoms with Crippen molar-refractivity contribution in [3.8, 4) is 0 Å². The van der Waals surface area contributed by atoms with Crippen LogP contribution in [0.3, 0.4) is 0 Å². The molecule has 1 aromatic carbocycles. The zero-order valence-electron chi connectivity index (χ0n) is 9.18. The van der Waals surface area contributed by atoms with Gasteiger partial charge in [0.15, 0.2) is 5.41 Å². The number of aliphatic carboxylic acids is 2. The van der Waals surface area contributed by atoms with Gasteiger partial charge in [-0.2, -0.15) is 0 Å². The largest absolute Gasteiger partial charge is 0.480 e. The van der Waals surface area contributed by atoms with Gasteiger partial charge in [0.2, 0.25) is 0 Å². The molecule has 0 aromatic heterocycles. The maximum atomic E-state index is 11.1. The van der Waals surface area contributed by atoms with E-state index in [2.05, 4.69) is 0 Å². The molecule has 0 aliphatic rings. The molecule has 16 heavy (non-hydrogen) atoms. The Bertz CT molecular complexity index is 383. The van der Waals surface area contributed by atoms with Gasteiger partial charge in [0, 0.05) is 5.92 Å². The molecule has 1 rings (SSSR count). The third kappa shape index (κ3) is 1.91. The molecule has 0 saturated heterocycles. The summed E-state index contributed by atoms with van der Waals surface area (Å²) in [6, 6.07) is 8.78. The lowest BCUT2D eigenvalue weighted by molar-refractivity contribution is -0.164. The number of hydrogen-bond donors (Lipinski definition) is 2. The van der Waals surface area contributed by atoms with E-state index >= 15 is 0 Å². The van der Waals surface area contributed by atoms with Gasteiger partial charge in [-0.1, -0.05) is 37.3 Å². The van der Waals surface area contributed by atoms with Crippen molar-refractivity contribution >= 4 is 11.9 Å². The molecule has 0 aliphatic carbocycles. The molecule has 0 heterocycles. The van der Waals surface area contributed by atoms with E-state index in [1.54, 1.807) is 37.3 Å². The number of carboxylic acid groups (broad SMARTS) is 2. The van der Waals surface area contributed by atoms with Crippen LogP contribution in [0.1, 0.15) is 25.3 Å². The lowest BCUT2D eigenvalue weighted by atomic mass is 9.74. The summed E-state index contributed by atoms with van der Waals surface area (Å²) in [6.07, 6.45) is 0. The van der Waals surface area contributed by atoms with Crippen molar-refractivity contribution in [2.45, 2.75) is 19.8 Å². The minimum absolute atomic E-state index is 0.594. The van der Waals surface area contributed by atoms with Crippen molar-refractivity contribution in [2.75, 3.05) is 0 Å². The zero-order chi connectivity index (χ0) is 12.3. The molecule has 1 unspecified atom stereocenters. The highest BCUT2D eigenvalue weighted by Gasteiger charge is 2.47. The summed E-state index contributed by atoms with van der Waals surface area (Å²) in [5.41, 5.74) is -1.10. The van der Waals surface area contributed by atoms with E-state index < -0.39 is 23.3 Å². The summed E-state index contributed by atoms with van der Waals surface area (Å²) in [6.45, 7) is 2.84. The van der Waals surface area contributed by atoms with Crippen LogP contribution < -0.4 is 0 Å². The van der Waals surface area contributed by atoms with E-state index in [4.69, 9.17) is 10.2 Å². The molecule has 4 heteroatoms. The van der Waals surface area contributed by atoms with E-state index in [-0.39, 0.29) is 0 Å². The lowest BCUT2D eigenvalue weighted by Crippen LogP contribution is -2.40. The van der Waals surface area contributed by atoms with Gasteiger partial charge in [0.1, 0.15) is 0 Å². The minimum atomic E-state index is -1.80. The molecular weight excluding hydrogens is 208 g/mol. The number of carboxylic acids is 2. The van der Waals surface area contributed by atoms with Gasteiger partial charge >= 0.3 is 11.9 Å². The summed E-state index contributed by atoms with van der Waals surface area (Å²) in [5.74, 6) is -3.24. The fourth-order valence-corrected chi connectivity index (χ4v) is 1.54. The highest BCUT2D eigenvalue weighted by atomic mass is 16.4. The van der Waals surface area contributed by atoms with Crippen LogP contribution in [-0.4, -0.2) is 22.2 Å². The van der Waals surface area contributed by atoms with E-state index in [0.717, 1.165) is 0 Å². The first-order chi connectivity index (χ1) is 7.40. The molecule has 2 N–H and O–H groups in total. The maximum absolute atomic E-state index is 11.1. The fraction of sp³-hybridized carbons (Fsp3) is 0.333. The van der Waals surface area contributed by atoms with Crippen LogP contribution in [0.15, 0.2) is 30.3 Å². The maximum Gasteiger partial charge on any atom is 0.321 e. The first-order valence-corrected chi connectivity index (χ1v) is 4.92. The summed E-state index contributed by atoms with van der Waals surface area (Å²) in [4.78, 5) is 22.2. The van der Waals surface area contributed by atoms with Crippen molar-refractivity contribution in [3.63, 3.8) is 0 Å². The Balaban J connectivity index is 3.16. The molecule has 0 saturated carbocycles. The fourth-order valence-electron chi connectivity index (χ4n) is 1.54. The van der Waals surface area contributed by atoms with E-state index in [9.17, 15) is 9.59 Å². The van der Waals surface area contributed by atoms with Crippen LogP contribution in [0.4, 0.5) is 0 Å². The quantitative estimate of drug-likeness (QED) is 0.764. The standard InChI is InChI=1S/C12H14O4/c1-8(9-6-4-3-5-7-9)12(2,10(13)14)11(15)16/h3-8H,1-2H3,(H,13,14)(H,15,16). The van der Waals surface area contributed by atoms with Crippen LogP contribution >= 0.6 is 0 Å². The molecule has 1 aromatic rings.